The summed E-state index contributed by atoms with van der Waals surface area (Å²) in [6, 6.07) is 12.3. The van der Waals surface area contributed by atoms with Crippen LogP contribution in [0, 0.1) is 11.6 Å². The SMILES string of the molecule is O=C(NC1CCCCC1(F)F)N[C@](Cc1ccccc1)(c1ccc(F)cc1)c1cc(F)cc(OC(F)(F)C(F)F)c1. The van der Waals surface area contributed by atoms with Gasteiger partial charge in [0.15, 0.2) is 0 Å². The first-order valence-electron chi connectivity index (χ1n) is 12.7. The third-order valence-electron chi connectivity index (χ3n) is 6.92. The van der Waals surface area contributed by atoms with Crippen molar-refractivity contribution in [3.05, 3.63) is 101 Å². The predicted octanol–water partition coefficient (Wildman–Crippen LogP) is 7.56. The van der Waals surface area contributed by atoms with E-state index in [9.17, 15) is 39.9 Å². The highest BCUT2D eigenvalue weighted by Crippen LogP contribution is 2.38. The highest BCUT2D eigenvalue weighted by Gasteiger charge is 2.46. The summed E-state index contributed by atoms with van der Waals surface area (Å²) in [6.07, 6.45) is -9.15. The van der Waals surface area contributed by atoms with Gasteiger partial charge in [0, 0.05) is 18.9 Å². The third kappa shape index (κ3) is 7.09. The molecule has 3 aromatic carbocycles. The molecule has 4 nitrogen and oxygen atoms in total. The molecule has 2 N–H and O–H groups in total. The Morgan fingerprint density at radius 3 is 2.24 bits per heavy atom. The molecule has 41 heavy (non-hydrogen) atoms. The van der Waals surface area contributed by atoms with E-state index >= 15 is 0 Å². The summed E-state index contributed by atoms with van der Waals surface area (Å²) in [4.78, 5) is 13.3. The van der Waals surface area contributed by atoms with E-state index in [1.54, 1.807) is 30.3 Å². The van der Waals surface area contributed by atoms with Crippen molar-refractivity contribution in [3.8, 4) is 5.75 Å². The first-order valence-corrected chi connectivity index (χ1v) is 12.7. The zero-order valence-corrected chi connectivity index (χ0v) is 21.5. The van der Waals surface area contributed by atoms with Crippen LogP contribution in [0.25, 0.3) is 0 Å². The number of benzene rings is 3. The molecule has 1 unspecified atom stereocenters. The number of hydrogen-bond donors (Lipinski definition) is 2. The molecule has 1 aliphatic carbocycles. The van der Waals surface area contributed by atoms with Crippen molar-refractivity contribution in [2.24, 2.45) is 0 Å². The van der Waals surface area contributed by atoms with Crippen LogP contribution in [0.2, 0.25) is 0 Å². The van der Waals surface area contributed by atoms with E-state index in [2.05, 4.69) is 15.4 Å². The van der Waals surface area contributed by atoms with Crippen molar-refractivity contribution in [1.29, 1.82) is 0 Å². The van der Waals surface area contributed by atoms with Crippen LogP contribution in [0.15, 0.2) is 72.8 Å². The number of amides is 2. The minimum Gasteiger partial charge on any atom is -0.428 e. The second-order valence-corrected chi connectivity index (χ2v) is 9.87. The molecule has 4 rings (SSSR count). The summed E-state index contributed by atoms with van der Waals surface area (Å²) < 4.78 is 115. The van der Waals surface area contributed by atoms with Crippen LogP contribution < -0.4 is 15.4 Å². The Labute approximate surface area is 230 Å². The molecule has 0 aliphatic heterocycles. The Morgan fingerprint density at radius 1 is 0.927 bits per heavy atom. The van der Waals surface area contributed by atoms with Crippen molar-refractivity contribution >= 4 is 6.03 Å². The summed E-state index contributed by atoms with van der Waals surface area (Å²) in [5, 5.41) is 4.86. The minimum absolute atomic E-state index is 0.0106. The molecule has 0 heterocycles. The van der Waals surface area contributed by atoms with Gasteiger partial charge in [-0.05, 0) is 53.8 Å². The molecule has 0 spiro atoms. The van der Waals surface area contributed by atoms with Crippen molar-refractivity contribution in [2.75, 3.05) is 0 Å². The van der Waals surface area contributed by atoms with Gasteiger partial charge < -0.3 is 15.4 Å². The molecular formula is C29H26F8N2O2. The fourth-order valence-corrected chi connectivity index (χ4v) is 4.93. The van der Waals surface area contributed by atoms with Crippen LogP contribution >= 0.6 is 0 Å². The van der Waals surface area contributed by atoms with Gasteiger partial charge in [-0.2, -0.15) is 17.6 Å². The number of rotatable bonds is 9. The first kappa shape index (κ1) is 30.1. The summed E-state index contributed by atoms with van der Waals surface area (Å²) in [6.45, 7) is 0. The number of hydrogen-bond acceptors (Lipinski definition) is 2. The van der Waals surface area contributed by atoms with Crippen LogP contribution in [0.4, 0.5) is 39.9 Å². The first-order chi connectivity index (χ1) is 19.3. The molecule has 220 valence electrons. The number of carbonyl (C=O) groups is 1. The smallest absolute Gasteiger partial charge is 0.428 e. The van der Waals surface area contributed by atoms with Gasteiger partial charge >= 0.3 is 18.6 Å². The van der Waals surface area contributed by atoms with E-state index < -0.39 is 59.9 Å². The number of halogens is 8. The fourth-order valence-electron chi connectivity index (χ4n) is 4.93. The molecular weight excluding hydrogens is 560 g/mol. The normalized spacial score (nSPS) is 18.4. The van der Waals surface area contributed by atoms with Gasteiger partial charge in [0.05, 0.1) is 11.6 Å². The second-order valence-electron chi connectivity index (χ2n) is 9.87. The number of nitrogens with one attached hydrogen (secondary N) is 2. The predicted molar refractivity (Wildman–Crippen MR) is 134 cm³/mol. The van der Waals surface area contributed by atoms with Crippen molar-refractivity contribution in [2.45, 2.75) is 62.1 Å². The third-order valence-corrected chi connectivity index (χ3v) is 6.92. The lowest BCUT2D eigenvalue weighted by atomic mass is 9.77. The lowest BCUT2D eigenvalue weighted by molar-refractivity contribution is -0.253. The van der Waals surface area contributed by atoms with E-state index in [1.807, 2.05) is 0 Å². The highest BCUT2D eigenvalue weighted by atomic mass is 19.3. The maximum atomic E-state index is 14.9. The van der Waals surface area contributed by atoms with Crippen molar-refractivity contribution < 1.29 is 44.7 Å². The average molecular weight is 587 g/mol. The molecule has 1 saturated carbocycles. The second kappa shape index (κ2) is 12.0. The van der Waals surface area contributed by atoms with Gasteiger partial charge in [-0.15, -0.1) is 0 Å². The monoisotopic (exact) mass is 586 g/mol. The fraction of sp³-hybridized carbons (Fsp3) is 0.345. The molecule has 2 amide bonds. The van der Waals surface area contributed by atoms with Crippen LogP contribution in [0.1, 0.15) is 42.4 Å². The largest absolute Gasteiger partial charge is 0.461 e. The highest BCUT2D eigenvalue weighted by molar-refractivity contribution is 5.76. The number of urea groups is 1. The van der Waals surface area contributed by atoms with E-state index in [0.717, 1.165) is 24.3 Å². The number of carbonyl (C=O) groups excluding carboxylic acids is 1. The van der Waals surface area contributed by atoms with E-state index in [-0.39, 0.29) is 30.4 Å². The van der Waals surface area contributed by atoms with Gasteiger partial charge in [0.25, 0.3) is 5.92 Å². The van der Waals surface area contributed by atoms with Crippen LogP contribution in [-0.4, -0.2) is 30.5 Å². The maximum Gasteiger partial charge on any atom is 0.461 e. The van der Waals surface area contributed by atoms with E-state index in [4.69, 9.17) is 0 Å². The Hall–Kier alpha value is -3.83. The molecule has 1 aliphatic rings. The van der Waals surface area contributed by atoms with Gasteiger partial charge in [0.2, 0.25) is 0 Å². The number of alkyl halides is 6. The maximum absolute atomic E-state index is 14.9. The summed E-state index contributed by atoms with van der Waals surface area (Å²) in [7, 11) is 0. The summed E-state index contributed by atoms with van der Waals surface area (Å²) in [5.74, 6) is -6.03. The number of ether oxygens (including phenoxy) is 1. The zero-order chi connectivity index (χ0) is 29.8. The molecule has 0 bridgehead atoms. The standard InChI is InChI=1S/C29H26F8N2O2/c30-21-11-9-19(10-12-21)27(17-18-6-2-1-3-7-18,39-26(40)38-24-8-4-5-13-28(24,34)35)20-14-22(31)16-23(15-20)41-29(36,37)25(32)33/h1-3,6-7,9-12,14-16,24-25H,4-5,8,13,17H2,(H2,38,39,40)/t24?,27-/m1/s1. The van der Waals surface area contributed by atoms with Gasteiger partial charge in [-0.25, -0.2) is 22.4 Å². The lowest BCUT2D eigenvalue weighted by Crippen LogP contribution is -2.57. The van der Waals surface area contributed by atoms with Crippen molar-refractivity contribution in [1.82, 2.24) is 10.6 Å². The van der Waals surface area contributed by atoms with Crippen LogP contribution in [-0.2, 0) is 12.0 Å². The zero-order valence-electron chi connectivity index (χ0n) is 21.5. The molecule has 0 radical (unpaired) electrons. The summed E-state index contributed by atoms with van der Waals surface area (Å²) >= 11 is 0. The van der Waals surface area contributed by atoms with Crippen LogP contribution in [0.5, 0.6) is 5.75 Å². The topological polar surface area (TPSA) is 50.4 Å². The molecule has 2 atom stereocenters. The minimum atomic E-state index is -4.97. The Balaban J connectivity index is 1.85. The lowest BCUT2D eigenvalue weighted by Gasteiger charge is -2.38. The van der Waals surface area contributed by atoms with Gasteiger partial charge in [-0.1, -0.05) is 48.9 Å². The summed E-state index contributed by atoms with van der Waals surface area (Å²) in [5.41, 5.74) is -1.52. The Bertz CT molecular complexity index is 1340. The molecule has 12 heteroatoms. The molecule has 3 aromatic rings. The van der Waals surface area contributed by atoms with E-state index in [1.165, 1.54) is 12.1 Å². The van der Waals surface area contributed by atoms with Gasteiger partial charge in [0.1, 0.15) is 17.4 Å². The Kier molecular flexibility index (Phi) is 8.79. The van der Waals surface area contributed by atoms with E-state index in [0.29, 0.717) is 18.1 Å². The molecule has 0 aromatic heterocycles. The van der Waals surface area contributed by atoms with Gasteiger partial charge in [-0.3, -0.25) is 0 Å². The van der Waals surface area contributed by atoms with Crippen molar-refractivity contribution in [3.63, 3.8) is 0 Å². The molecule has 0 saturated heterocycles. The average Bonchev–Trinajstić information content (AvgIpc) is 2.90. The van der Waals surface area contributed by atoms with Crippen LogP contribution in [0.3, 0.4) is 0 Å². The molecule has 1 fully saturated rings. The Morgan fingerprint density at radius 2 is 1.61 bits per heavy atom. The quantitative estimate of drug-likeness (QED) is 0.254.